The van der Waals surface area contributed by atoms with Crippen LogP contribution in [0, 0.1) is 6.92 Å². The summed E-state index contributed by atoms with van der Waals surface area (Å²) in [4.78, 5) is 28.7. The lowest BCUT2D eigenvalue weighted by molar-refractivity contribution is -0.140. The van der Waals surface area contributed by atoms with Gasteiger partial charge in [-0.2, -0.15) is 0 Å². The van der Waals surface area contributed by atoms with E-state index in [1.54, 1.807) is 56.3 Å². The summed E-state index contributed by atoms with van der Waals surface area (Å²) in [5.41, 5.74) is 2.52. The SMILES string of the molecule is CCNC(=O)[C@@H](Cc1ccccc1)N(Cc1ccc(Cl)cc1Cl)C(=O)CN(c1ccccc1C)S(C)(=O)=O. The summed E-state index contributed by atoms with van der Waals surface area (Å²) in [6.07, 6.45) is 1.28. The highest BCUT2D eigenvalue weighted by atomic mass is 35.5. The number of likely N-dealkylation sites (N-methyl/N-ethyl adjacent to an activating group) is 1. The van der Waals surface area contributed by atoms with Crippen LogP contribution in [0.2, 0.25) is 10.0 Å². The fourth-order valence-electron chi connectivity index (χ4n) is 4.12. The molecule has 0 saturated heterocycles. The molecule has 0 heterocycles. The normalized spacial score (nSPS) is 12.0. The van der Waals surface area contributed by atoms with Crippen LogP contribution in [0.4, 0.5) is 5.69 Å². The molecule has 1 atom stereocenters. The Hall–Kier alpha value is -3.07. The lowest BCUT2D eigenvalue weighted by Crippen LogP contribution is -2.53. The molecule has 7 nitrogen and oxygen atoms in total. The molecule has 3 rings (SSSR count). The van der Waals surface area contributed by atoms with E-state index >= 15 is 0 Å². The molecule has 1 N–H and O–H groups in total. The second-order valence-corrected chi connectivity index (χ2v) is 11.7. The molecule has 0 aliphatic rings. The number of halogens is 2. The number of para-hydroxylation sites is 1. The van der Waals surface area contributed by atoms with Crippen molar-refractivity contribution in [3.05, 3.63) is 99.5 Å². The average molecular weight is 577 g/mol. The maximum absolute atomic E-state index is 14.0. The maximum atomic E-state index is 14.0. The number of sulfonamides is 1. The third-order valence-electron chi connectivity index (χ3n) is 6.04. The number of aryl methyl sites for hydroxylation is 1. The van der Waals surface area contributed by atoms with Gasteiger partial charge < -0.3 is 10.2 Å². The van der Waals surface area contributed by atoms with Crippen molar-refractivity contribution in [1.82, 2.24) is 10.2 Å². The van der Waals surface area contributed by atoms with Crippen molar-refractivity contribution < 1.29 is 18.0 Å². The molecule has 0 unspecified atom stereocenters. The Kier molecular flexibility index (Phi) is 10.2. The first-order chi connectivity index (χ1) is 18.0. The Labute approximate surface area is 234 Å². The fraction of sp³-hybridized carbons (Fsp3) is 0.286. The van der Waals surface area contributed by atoms with Crippen molar-refractivity contribution in [2.45, 2.75) is 32.9 Å². The van der Waals surface area contributed by atoms with Gasteiger partial charge in [0.25, 0.3) is 0 Å². The number of benzene rings is 3. The number of carbonyl (C=O) groups excluding carboxylic acids is 2. The molecule has 2 amide bonds. The van der Waals surface area contributed by atoms with Crippen LogP contribution in [-0.4, -0.2) is 50.5 Å². The van der Waals surface area contributed by atoms with Crippen molar-refractivity contribution in [2.24, 2.45) is 0 Å². The number of amides is 2. The van der Waals surface area contributed by atoms with Crippen molar-refractivity contribution in [3.8, 4) is 0 Å². The van der Waals surface area contributed by atoms with Crippen LogP contribution in [0.5, 0.6) is 0 Å². The highest BCUT2D eigenvalue weighted by Crippen LogP contribution is 2.26. The molecule has 3 aromatic rings. The first kappa shape index (κ1) is 29.5. The van der Waals surface area contributed by atoms with Gasteiger partial charge in [-0.3, -0.25) is 13.9 Å². The van der Waals surface area contributed by atoms with Gasteiger partial charge in [-0.25, -0.2) is 8.42 Å². The van der Waals surface area contributed by atoms with Gasteiger partial charge in [0.1, 0.15) is 12.6 Å². The van der Waals surface area contributed by atoms with Crippen LogP contribution in [0.15, 0.2) is 72.8 Å². The first-order valence-corrected chi connectivity index (χ1v) is 14.7. The molecule has 0 spiro atoms. The van der Waals surface area contributed by atoms with Crippen LogP contribution in [0.3, 0.4) is 0 Å². The van der Waals surface area contributed by atoms with Crippen molar-refractivity contribution in [3.63, 3.8) is 0 Å². The number of hydrogen-bond donors (Lipinski definition) is 1. The number of carbonyl (C=O) groups is 2. The van der Waals surface area contributed by atoms with E-state index in [1.807, 2.05) is 30.3 Å². The minimum Gasteiger partial charge on any atom is -0.355 e. The van der Waals surface area contributed by atoms with Crippen LogP contribution in [-0.2, 0) is 32.6 Å². The summed E-state index contributed by atoms with van der Waals surface area (Å²) in [5, 5.41) is 3.59. The Morgan fingerprint density at radius 2 is 1.63 bits per heavy atom. The molecule has 202 valence electrons. The van der Waals surface area contributed by atoms with Gasteiger partial charge in [-0.05, 0) is 48.7 Å². The van der Waals surface area contributed by atoms with Crippen LogP contribution in [0.25, 0.3) is 0 Å². The Balaban J connectivity index is 2.08. The van der Waals surface area contributed by atoms with E-state index in [9.17, 15) is 18.0 Å². The van der Waals surface area contributed by atoms with E-state index in [0.717, 1.165) is 16.1 Å². The van der Waals surface area contributed by atoms with E-state index in [2.05, 4.69) is 5.32 Å². The molecule has 0 bridgehead atoms. The lowest BCUT2D eigenvalue weighted by atomic mass is 10.0. The molecule has 0 radical (unpaired) electrons. The number of nitrogens with one attached hydrogen (secondary N) is 1. The van der Waals surface area contributed by atoms with Crippen molar-refractivity contribution in [2.75, 3.05) is 23.7 Å². The summed E-state index contributed by atoms with van der Waals surface area (Å²) < 4.78 is 26.7. The quantitative estimate of drug-likeness (QED) is 0.354. The molecule has 3 aromatic carbocycles. The molecule has 38 heavy (non-hydrogen) atoms. The monoisotopic (exact) mass is 575 g/mol. The predicted octanol–water partition coefficient (Wildman–Crippen LogP) is 4.84. The standard InChI is InChI=1S/C28H31Cl2N3O4S/c1-4-31-28(35)26(16-21-11-6-5-7-12-21)32(18-22-14-15-23(29)17-24(22)30)27(34)19-33(38(3,36)37)25-13-9-8-10-20(25)2/h5-15,17,26H,4,16,18-19H2,1-3H3,(H,31,35)/t26-/m1/s1. The molecular weight excluding hydrogens is 545 g/mol. The van der Waals surface area contributed by atoms with Crippen LogP contribution in [0.1, 0.15) is 23.6 Å². The zero-order chi connectivity index (χ0) is 27.9. The smallest absolute Gasteiger partial charge is 0.244 e. The highest BCUT2D eigenvalue weighted by Gasteiger charge is 2.33. The third-order valence-corrected chi connectivity index (χ3v) is 7.75. The largest absolute Gasteiger partial charge is 0.355 e. The summed E-state index contributed by atoms with van der Waals surface area (Å²) in [7, 11) is -3.83. The van der Waals surface area contributed by atoms with Gasteiger partial charge in [-0.1, -0.05) is 77.8 Å². The molecule has 0 aromatic heterocycles. The molecule has 10 heteroatoms. The van der Waals surface area contributed by atoms with Gasteiger partial charge in [0, 0.05) is 29.6 Å². The lowest BCUT2D eigenvalue weighted by Gasteiger charge is -2.34. The second-order valence-electron chi connectivity index (χ2n) is 8.91. The predicted molar refractivity (Wildman–Crippen MR) is 153 cm³/mol. The maximum Gasteiger partial charge on any atom is 0.244 e. The minimum atomic E-state index is -3.83. The number of rotatable bonds is 11. The van der Waals surface area contributed by atoms with Gasteiger partial charge >= 0.3 is 0 Å². The van der Waals surface area contributed by atoms with E-state index in [1.165, 1.54) is 4.90 Å². The zero-order valence-corrected chi connectivity index (χ0v) is 23.9. The first-order valence-electron chi connectivity index (χ1n) is 12.1. The van der Waals surface area contributed by atoms with E-state index in [-0.39, 0.29) is 18.9 Å². The third kappa shape index (κ3) is 7.72. The van der Waals surface area contributed by atoms with E-state index in [4.69, 9.17) is 23.2 Å². The molecule has 0 saturated carbocycles. The number of anilines is 1. The van der Waals surface area contributed by atoms with Gasteiger partial charge in [0.15, 0.2) is 0 Å². The molecule has 0 aliphatic heterocycles. The summed E-state index contributed by atoms with van der Waals surface area (Å²) in [6.45, 7) is 3.43. The Morgan fingerprint density at radius 1 is 0.974 bits per heavy atom. The number of nitrogens with zero attached hydrogens (tertiary/aromatic N) is 2. The summed E-state index contributed by atoms with van der Waals surface area (Å²) in [5.74, 6) is -0.895. The van der Waals surface area contributed by atoms with Gasteiger partial charge in [-0.15, -0.1) is 0 Å². The Bertz CT molecular complexity index is 1380. The molecule has 0 aliphatic carbocycles. The molecular formula is C28H31Cl2N3O4S. The van der Waals surface area contributed by atoms with E-state index in [0.29, 0.717) is 33.4 Å². The fourth-order valence-corrected chi connectivity index (χ4v) is 5.49. The van der Waals surface area contributed by atoms with Crippen molar-refractivity contribution in [1.29, 1.82) is 0 Å². The topological polar surface area (TPSA) is 86.8 Å². The number of hydrogen-bond acceptors (Lipinski definition) is 4. The van der Waals surface area contributed by atoms with Crippen LogP contribution >= 0.6 is 23.2 Å². The average Bonchev–Trinajstić information content (AvgIpc) is 2.86. The summed E-state index contributed by atoms with van der Waals surface area (Å²) >= 11 is 12.5. The Morgan fingerprint density at radius 3 is 2.24 bits per heavy atom. The van der Waals surface area contributed by atoms with Crippen molar-refractivity contribution >= 4 is 50.7 Å². The summed E-state index contributed by atoms with van der Waals surface area (Å²) in [6, 6.07) is 20.2. The minimum absolute atomic E-state index is 0.0190. The van der Waals surface area contributed by atoms with Gasteiger partial charge in [0.05, 0.1) is 11.9 Å². The second kappa shape index (κ2) is 13.1. The van der Waals surface area contributed by atoms with Gasteiger partial charge in [0.2, 0.25) is 21.8 Å². The highest BCUT2D eigenvalue weighted by molar-refractivity contribution is 7.92. The van der Waals surface area contributed by atoms with Crippen LogP contribution < -0.4 is 9.62 Å². The van der Waals surface area contributed by atoms with E-state index < -0.39 is 28.5 Å². The molecule has 0 fully saturated rings. The zero-order valence-electron chi connectivity index (χ0n) is 21.5.